The van der Waals surface area contributed by atoms with Gasteiger partial charge in [0.05, 0.1) is 17.5 Å². The summed E-state index contributed by atoms with van der Waals surface area (Å²) in [7, 11) is 1.87. The molecule has 0 bridgehead atoms. The van der Waals surface area contributed by atoms with Gasteiger partial charge in [0.2, 0.25) is 5.95 Å². The van der Waals surface area contributed by atoms with Gasteiger partial charge >= 0.3 is 0 Å². The van der Waals surface area contributed by atoms with E-state index in [4.69, 9.17) is 0 Å². The third kappa shape index (κ3) is 3.01. The van der Waals surface area contributed by atoms with Crippen LogP contribution in [0.25, 0.3) is 0 Å². The molecule has 2 fully saturated rings. The van der Waals surface area contributed by atoms with Gasteiger partial charge in [0.15, 0.2) is 0 Å². The minimum atomic E-state index is -0.532. The minimum absolute atomic E-state index is 0.532. The third-order valence-corrected chi connectivity index (χ3v) is 4.54. The summed E-state index contributed by atoms with van der Waals surface area (Å²) in [5.74, 6) is 2.18. The number of nitrogens with zero attached hydrogens (tertiary/aromatic N) is 5. The average Bonchev–Trinajstić information content (AvgIpc) is 3.19. The van der Waals surface area contributed by atoms with Crippen molar-refractivity contribution in [1.82, 2.24) is 19.7 Å². The lowest BCUT2D eigenvalue weighted by Gasteiger charge is -2.47. The molecule has 1 saturated heterocycles. The zero-order valence-electron chi connectivity index (χ0n) is 13.5. The van der Waals surface area contributed by atoms with Crippen LogP contribution in [0.3, 0.4) is 0 Å². The Morgan fingerprint density at radius 1 is 1.35 bits per heavy atom. The number of β-amino-alcohol motifs (C(OH)–C–C–N with tert-alkyl or cyclic N) is 1. The molecule has 122 valence electrons. The first-order chi connectivity index (χ1) is 11.0. The van der Waals surface area contributed by atoms with Gasteiger partial charge in [-0.1, -0.05) is 12.8 Å². The van der Waals surface area contributed by atoms with E-state index in [0.29, 0.717) is 19.0 Å². The molecule has 0 amide bonds. The summed E-state index contributed by atoms with van der Waals surface area (Å²) in [6, 6.07) is 0. The molecule has 0 radical (unpaired) electrons. The summed E-state index contributed by atoms with van der Waals surface area (Å²) in [6.45, 7) is 3.32. The fourth-order valence-corrected chi connectivity index (χ4v) is 3.23. The number of hydrogen-bond donors (Lipinski definition) is 2. The molecule has 0 atom stereocenters. The average molecular weight is 314 g/mol. The van der Waals surface area contributed by atoms with Crippen LogP contribution in [0, 0.1) is 12.8 Å². The standard InChI is InChI=1S/C16H22N6O/c1-11-6-17-15(19-13-7-18-21(2)8-13)20-14(11)22-9-16(23,10-22)5-12-3-4-12/h6-8,12,23H,3-5,9-10H2,1-2H3,(H,17,19,20). The van der Waals surface area contributed by atoms with Crippen LogP contribution in [0.1, 0.15) is 24.8 Å². The Bertz CT molecular complexity index is 717. The zero-order valence-corrected chi connectivity index (χ0v) is 13.5. The Morgan fingerprint density at radius 2 is 2.13 bits per heavy atom. The van der Waals surface area contributed by atoms with Crippen molar-refractivity contribution in [2.45, 2.75) is 31.8 Å². The molecule has 1 aliphatic heterocycles. The Hall–Kier alpha value is -2.15. The van der Waals surface area contributed by atoms with Gasteiger partial charge in [-0.05, 0) is 19.3 Å². The maximum absolute atomic E-state index is 10.5. The van der Waals surface area contributed by atoms with Gasteiger partial charge in [-0.3, -0.25) is 4.68 Å². The Kier molecular flexibility index (Phi) is 3.26. The van der Waals surface area contributed by atoms with Gasteiger partial charge in [0, 0.05) is 38.1 Å². The predicted octanol–water partition coefficient (Wildman–Crippen LogP) is 1.61. The van der Waals surface area contributed by atoms with Crippen molar-refractivity contribution in [2.24, 2.45) is 13.0 Å². The van der Waals surface area contributed by atoms with Crippen molar-refractivity contribution in [3.05, 3.63) is 24.2 Å². The van der Waals surface area contributed by atoms with E-state index in [9.17, 15) is 5.11 Å². The second-order valence-corrected chi connectivity index (χ2v) is 6.96. The Morgan fingerprint density at radius 3 is 2.78 bits per heavy atom. The summed E-state index contributed by atoms with van der Waals surface area (Å²) in [5, 5.41) is 17.8. The molecule has 2 aromatic rings. The maximum Gasteiger partial charge on any atom is 0.229 e. The van der Waals surface area contributed by atoms with Crippen molar-refractivity contribution >= 4 is 17.5 Å². The second-order valence-electron chi connectivity index (χ2n) is 6.96. The van der Waals surface area contributed by atoms with Crippen LogP contribution in [0.4, 0.5) is 17.5 Å². The monoisotopic (exact) mass is 314 g/mol. The highest BCUT2D eigenvalue weighted by atomic mass is 16.3. The first-order valence-corrected chi connectivity index (χ1v) is 8.07. The lowest BCUT2D eigenvalue weighted by molar-refractivity contribution is -0.00150. The summed E-state index contributed by atoms with van der Waals surface area (Å²) in [5.41, 5.74) is 1.35. The number of rotatable bonds is 5. The number of aryl methyl sites for hydroxylation is 2. The summed E-state index contributed by atoms with van der Waals surface area (Å²) >= 11 is 0. The molecule has 7 nitrogen and oxygen atoms in total. The number of anilines is 3. The highest BCUT2D eigenvalue weighted by Gasteiger charge is 2.45. The van der Waals surface area contributed by atoms with Gasteiger partial charge in [-0.25, -0.2) is 4.98 Å². The largest absolute Gasteiger partial charge is 0.386 e. The third-order valence-electron chi connectivity index (χ3n) is 4.54. The molecular weight excluding hydrogens is 292 g/mol. The predicted molar refractivity (Wildman–Crippen MR) is 87.8 cm³/mol. The minimum Gasteiger partial charge on any atom is -0.386 e. The number of aromatic nitrogens is 4. The summed E-state index contributed by atoms with van der Waals surface area (Å²) < 4.78 is 1.73. The molecule has 0 aromatic carbocycles. The second kappa shape index (κ2) is 5.19. The van der Waals surface area contributed by atoms with Crippen molar-refractivity contribution in [3.63, 3.8) is 0 Å². The number of hydrogen-bond acceptors (Lipinski definition) is 6. The molecule has 0 unspecified atom stereocenters. The fraction of sp³-hybridized carbons (Fsp3) is 0.562. The van der Waals surface area contributed by atoms with E-state index in [1.807, 2.05) is 26.4 Å². The molecule has 4 rings (SSSR count). The van der Waals surface area contributed by atoms with E-state index in [-0.39, 0.29) is 0 Å². The normalized spacial score (nSPS) is 19.5. The SMILES string of the molecule is Cc1cnc(Nc2cnn(C)c2)nc1N1CC(O)(CC2CC2)C1. The lowest BCUT2D eigenvalue weighted by atomic mass is 9.88. The molecule has 2 N–H and O–H groups in total. The van der Waals surface area contributed by atoms with Gasteiger partial charge in [0.1, 0.15) is 5.82 Å². The number of nitrogens with one attached hydrogen (secondary N) is 1. The molecule has 1 saturated carbocycles. The first-order valence-electron chi connectivity index (χ1n) is 8.07. The van der Waals surface area contributed by atoms with Gasteiger partial charge in [-0.15, -0.1) is 0 Å². The molecule has 2 aromatic heterocycles. The molecule has 7 heteroatoms. The van der Waals surface area contributed by atoms with Crippen LogP contribution >= 0.6 is 0 Å². The molecule has 2 aliphatic rings. The van der Waals surface area contributed by atoms with Gasteiger partial charge in [0.25, 0.3) is 0 Å². The van der Waals surface area contributed by atoms with Crippen molar-refractivity contribution in [3.8, 4) is 0 Å². The topological polar surface area (TPSA) is 79.1 Å². The summed E-state index contributed by atoms with van der Waals surface area (Å²) in [4.78, 5) is 11.1. The maximum atomic E-state index is 10.5. The van der Waals surface area contributed by atoms with Crippen LogP contribution < -0.4 is 10.2 Å². The van der Waals surface area contributed by atoms with Crippen LogP contribution in [0.15, 0.2) is 18.6 Å². The molecule has 23 heavy (non-hydrogen) atoms. The van der Waals surface area contributed by atoms with Crippen LogP contribution in [-0.4, -0.2) is 43.5 Å². The quantitative estimate of drug-likeness (QED) is 0.873. The highest BCUT2D eigenvalue weighted by molar-refractivity contribution is 5.56. The Labute approximate surface area is 135 Å². The molecule has 0 spiro atoms. The van der Waals surface area contributed by atoms with Gasteiger partial charge in [-0.2, -0.15) is 10.1 Å². The molecule has 1 aliphatic carbocycles. The zero-order chi connectivity index (χ0) is 16.0. The molecular formula is C16H22N6O. The van der Waals surface area contributed by atoms with Gasteiger partial charge < -0.3 is 15.3 Å². The highest BCUT2D eigenvalue weighted by Crippen LogP contribution is 2.41. The first kappa shape index (κ1) is 14.4. The van der Waals surface area contributed by atoms with Crippen molar-refractivity contribution < 1.29 is 5.11 Å². The van der Waals surface area contributed by atoms with Crippen molar-refractivity contribution in [2.75, 3.05) is 23.3 Å². The van der Waals surface area contributed by atoms with E-state index in [2.05, 4.69) is 25.3 Å². The molecule has 3 heterocycles. The fourth-order valence-electron chi connectivity index (χ4n) is 3.23. The van der Waals surface area contributed by atoms with E-state index in [0.717, 1.165) is 29.4 Å². The number of aliphatic hydroxyl groups is 1. The van der Waals surface area contributed by atoms with E-state index in [1.165, 1.54) is 12.8 Å². The van der Waals surface area contributed by atoms with Crippen LogP contribution in [0.5, 0.6) is 0 Å². The smallest absolute Gasteiger partial charge is 0.229 e. The van der Waals surface area contributed by atoms with Crippen LogP contribution in [0.2, 0.25) is 0 Å². The van der Waals surface area contributed by atoms with Crippen molar-refractivity contribution in [1.29, 1.82) is 0 Å². The van der Waals surface area contributed by atoms with E-state index < -0.39 is 5.60 Å². The van der Waals surface area contributed by atoms with Crippen LogP contribution in [-0.2, 0) is 7.05 Å². The van der Waals surface area contributed by atoms with E-state index in [1.54, 1.807) is 10.9 Å². The Balaban J connectivity index is 1.47. The summed E-state index contributed by atoms with van der Waals surface area (Å²) in [6.07, 6.45) is 8.90. The lowest BCUT2D eigenvalue weighted by Crippen LogP contribution is -2.62. The van der Waals surface area contributed by atoms with E-state index >= 15 is 0 Å².